The molecule has 0 saturated carbocycles. The second kappa shape index (κ2) is 5.55. The highest BCUT2D eigenvalue weighted by molar-refractivity contribution is 9.10. The van der Waals surface area contributed by atoms with E-state index >= 15 is 0 Å². The number of halogens is 1. The summed E-state index contributed by atoms with van der Waals surface area (Å²) in [6.45, 7) is 1.76. The van der Waals surface area contributed by atoms with Crippen LogP contribution in [-0.2, 0) is 0 Å². The molecule has 0 bridgehead atoms. The molecule has 0 aliphatic carbocycles. The highest BCUT2D eigenvalue weighted by Crippen LogP contribution is 2.22. The standard InChI is InChI=1S/C11H13BrN2S/c1-11(14,8-13)6-7-15-10-4-2-9(12)3-5-10/h2-5H,6-7,14H2,1H3. The number of nitrogens with zero attached hydrogens (tertiary/aromatic N) is 1. The van der Waals surface area contributed by atoms with Gasteiger partial charge in [-0.25, -0.2) is 0 Å². The van der Waals surface area contributed by atoms with Gasteiger partial charge in [-0.3, -0.25) is 0 Å². The molecule has 0 radical (unpaired) electrons. The first-order valence-electron chi connectivity index (χ1n) is 4.62. The largest absolute Gasteiger partial charge is 0.314 e. The second-order valence-electron chi connectivity index (χ2n) is 3.58. The zero-order valence-electron chi connectivity index (χ0n) is 8.53. The van der Waals surface area contributed by atoms with Gasteiger partial charge >= 0.3 is 0 Å². The van der Waals surface area contributed by atoms with Crippen LogP contribution >= 0.6 is 27.7 Å². The Morgan fingerprint density at radius 3 is 2.60 bits per heavy atom. The lowest BCUT2D eigenvalue weighted by atomic mass is 10.0. The summed E-state index contributed by atoms with van der Waals surface area (Å²) in [7, 11) is 0. The third-order valence-electron chi connectivity index (χ3n) is 1.96. The lowest BCUT2D eigenvalue weighted by Crippen LogP contribution is -2.34. The van der Waals surface area contributed by atoms with Crippen molar-refractivity contribution in [2.24, 2.45) is 5.73 Å². The van der Waals surface area contributed by atoms with Crippen LogP contribution in [-0.4, -0.2) is 11.3 Å². The number of benzene rings is 1. The molecule has 2 nitrogen and oxygen atoms in total. The molecule has 2 N–H and O–H groups in total. The number of thioether (sulfide) groups is 1. The van der Waals surface area contributed by atoms with Crippen molar-refractivity contribution in [1.29, 1.82) is 5.26 Å². The zero-order chi connectivity index (χ0) is 11.3. The van der Waals surface area contributed by atoms with Gasteiger partial charge in [-0.15, -0.1) is 11.8 Å². The van der Waals surface area contributed by atoms with E-state index < -0.39 is 5.54 Å². The summed E-state index contributed by atoms with van der Waals surface area (Å²) in [5, 5.41) is 8.74. The van der Waals surface area contributed by atoms with Gasteiger partial charge in [-0.1, -0.05) is 15.9 Å². The first kappa shape index (κ1) is 12.6. The quantitative estimate of drug-likeness (QED) is 0.864. The topological polar surface area (TPSA) is 49.8 Å². The number of hydrogen-bond donors (Lipinski definition) is 1. The van der Waals surface area contributed by atoms with Gasteiger partial charge < -0.3 is 5.73 Å². The van der Waals surface area contributed by atoms with Gasteiger partial charge in [0, 0.05) is 15.1 Å². The molecular formula is C11H13BrN2S. The highest BCUT2D eigenvalue weighted by atomic mass is 79.9. The minimum atomic E-state index is -0.706. The van der Waals surface area contributed by atoms with Gasteiger partial charge in [0.05, 0.1) is 6.07 Å². The van der Waals surface area contributed by atoms with Crippen LogP contribution in [0.2, 0.25) is 0 Å². The third-order valence-corrected chi connectivity index (χ3v) is 3.50. The lowest BCUT2D eigenvalue weighted by Gasteiger charge is -2.14. The smallest absolute Gasteiger partial charge is 0.102 e. The fourth-order valence-corrected chi connectivity index (χ4v) is 2.32. The highest BCUT2D eigenvalue weighted by Gasteiger charge is 2.16. The van der Waals surface area contributed by atoms with Crippen LogP contribution in [0.1, 0.15) is 13.3 Å². The molecule has 80 valence electrons. The molecule has 0 fully saturated rings. The zero-order valence-corrected chi connectivity index (χ0v) is 10.9. The molecule has 0 aliphatic rings. The van der Waals surface area contributed by atoms with E-state index in [0.717, 1.165) is 10.2 Å². The molecule has 0 amide bonds. The van der Waals surface area contributed by atoms with Crippen LogP contribution in [0.5, 0.6) is 0 Å². The van der Waals surface area contributed by atoms with Crippen LogP contribution in [0.4, 0.5) is 0 Å². The van der Waals surface area contributed by atoms with Gasteiger partial charge in [0.25, 0.3) is 0 Å². The molecule has 0 aromatic heterocycles. The normalized spacial score (nSPS) is 14.3. The molecule has 4 heteroatoms. The van der Waals surface area contributed by atoms with Crippen LogP contribution in [0.15, 0.2) is 33.6 Å². The summed E-state index contributed by atoms with van der Waals surface area (Å²) in [5.74, 6) is 0.863. The first-order valence-corrected chi connectivity index (χ1v) is 6.40. The molecule has 0 aliphatic heterocycles. The third kappa shape index (κ3) is 4.70. The maximum Gasteiger partial charge on any atom is 0.102 e. The maximum atomic E-state index is 8.74. The van der Waals surface area contributed by atoms with E-state index in [0.29, 0.717) is 6.42 Å². The van der Waals surface area contributed by atoms with E-state index in [2.05, 4.69) is 34.1 Å². The summed E-state index contributed by atoms with van der Waals surface area (Å²) >= 11 is 5.10. The van der Waals surface area contributed by atoms with Crippen LogP contribution in [0, 0.1) is 11.3 Å². The first-order chi connectivity index (χ1) is 7.03. The predicted octanol–water partition coefficient (Wildman–Crippen LogP) is 3.17. The van der Waals surface area contributed by atoms with Crippen molar-refractivity contribution in [1.82, 2.24) is 0 Å². The van der Waals surface area contributed by atoms with Crippen LogP contribution in [0.3, 0.4) is 0 Å². The van der Waals surface area contributed by atoms with Crippen molar-refractivity contribution in [3.63, 3.8) is 0 Å². The summed E-state index contributed by atoms with van der Waals surface area (Å²) in [6.07, 6.45) is 0.699. The Hall–Kier alpha value is -0.500. The molecule has 15 heavy (non-hydrogen) atoms. The average Bonchev–Trinajstić information content (AvgIpc) is 2.21. The van der Waals surface area contributed by atoms with E-state index in [-0.39, 0.29) is 0 Å². The van der Waals surface area contributed by atoms with Crippen molar-refractivity contribution in [3.05, 3.63) is 28.7 Å². The maximum absolute atomic E-state index is 8.74. The van der Waals surface area contributed by atoms with Crippen molar-refractivity contribution in [2.75, 3.05) is 5.75 Å². The fraction of sp³-hybridized carbons (Fsp3) is 0.364. The molecular weight excluding hydrogens is 272 g/mol. The van der Waals surface area contributed by atoms with Crippen molar-refractivity contribution < 1.29 is 0 Å². The van der Waals surface area contributed by atoms with Gasteiger partial charge in [-0.05, 0) is 37.6 Å². The molecule has 1 aromatic carbocycles. The summed E-state index contributed by atoms with van der Waals surface area (Å²) in [5.41, 5.74) is 5.02. The number of hydrogen-bond acceptors (Lipinski definition) is 3. The molecule has 1 unspecified atom stereocenters. The Kier molecular flexibility index (Phi) is 4.65. The Morgan fingerprint density at radius 1 is 1.47 bits per heavy atom. The summed E-state index contributed by atoms with van der Waals surface area (Å²) in [4.78, 5) is 1.20. The monoisotopic (exact) mass is 284 g/mol. The average molecular weight is 285 g/mol. The molecule has 1 aromatic rings. The van der Waals surface area contributed by atoms with Gasteiger partial charge in [0.1, 0.15) is 5.54 Å². The van der Waals surface area contributed by atoms with Crippen LogP contribution < -0.4 is 5.73 Å². The number of nitriles is 1. The van der Waals surface area contributed by atoms with Gasteiger partial charge in [0.2, 0.25) is 0 Å². The lowest BCUT2D eigenvalue weighted by molar-refractivity contribution is 0.583. The number of rotatable bonds is 4. The summed E-state index contributed by atoms with van der Waals surface area (Å²) < 4.78 is 1.08. The van der Waals surface area contributed by atoms with E-state index in [1.54, 1.807) is 18.7 Å². The Bertz CT molecular complexity index is 354. The Labute approximate surface area is 103 Å². The van der Waals surface area contributed by atoms with E-state index in [1.807, 2.05) is 12.1 Å². The predicted molar refractivity (Wildman–Crippen MR) is 67.7 cm³/mol. The fourth-order valence-electron chi connectivity index (χ4n) is 0.968. The van der Waals surface area contributed by atoms with E-state index in [1.165, 1.54) is 4.90 Å². The minimum Gasteiger partial charge on any atom is -0.314 e. The SMILES string of the molecule is CC(N)(C#N)CCSc1ccc(Br)cc1. The van der Waals surface area contributed by atoms with Gasteiger partial charge in [-0.2, -0.15) is 5.26 Å². The van der Waals surface area contributed by atoms with E-state index in [4.69, 9.17) is 11.0 Å². The van der Waals surface area contributed by atoms with E-state index in [9.17, 15) is 0 Å². The number of nitrogens with two attached hydrogens (primary N) is 1. The Morgan fingerprint density at radius 2 is 2.07 bits per heavy atom. The van der Waals surface area contributed by atoms with Crippen molar-refractivity contribution in [2.45, 2.75) is 23.8 Å². The van der Waals surface area contributed by atoms with Gasteiger partial charge in [0.15, 0.2) is 0 Å². The molecule has 1 rings (SSSR count). The minimum absolute atomic E-state index is 0.699. The van der Waals surface area contributed by atoms with Crippen molar-refractivity contribution in [3.8, 4) is 6.07 Å². The molecule has 0 saturated heterocycles. The summed E-state index contributed by atoms with van der Waals surface area (Å²) in [6, 6.07) is 10.2. The molecule has 0 heterocycles. The Balaban J connectivity index is 2.39. The van der Waals surface area contributed by atoms with Crippen LogP contribution in [0.25, 0.3) is 0 Å². The molecule has 1 atom stereocenters. The van der Waals surface area contributed by atoms with Crippen molar-refractivity contribution >= 4 is 27.7 Å². The molecule has 0 spiro atoms. The second-order valence-corrected chi connectivity index (χ2v) is 5.67.